The van der Waals surface area contributed by atoms with Gasteiger partial charge in [0, 0.05) is 23.8 Å². The Labute approximate surface area is 120 Å². The minimum atomic E-state index is -1.09. The molecular formula is C12H16BrN3O3. The van der Waals surface area contributed by atoms with E-state index in [1.807, 2.05) is 13.8 Å². The molecule has 1 amide bonds. The van der Waals surface area contributed by atoms with Crippen LogP contribution in [0.15, 0.2) is 16.7 Å². The maximum absolute atomic E-state index is 11.8. The first-order chi connectivity index (χ1) is 8.99. The van der Waals surface area contributed by atoms with Crippen molar-refractivity contribution in [2.24, 2.45) is 0 Å². The molecule has 1 aromatic rings. The van der Waals surface area contributed by atoms with Gasteiger partial charge in [-0.1, -0.05) is 0 Å². The fourth-order valence-corrected chi connectivity index (χ4v) is 1.92. The SMILES string of the molecule is CCN(CC)C(=O)CNc1ncc(Br)cc1C(=O)O. The number of anilines is 1. The zero-order valence-electron chi connectivity index (χ0n) is 10.8. The van der Waals surface area contributed by atoms with Gasteiger partial charge in [0.05, 0.1) is 6.54 Å². The van der Waals surface area contributed by atoms with E-state index in [0.717, 1.165) is 0 Å². The van der Waals surface area contributed by atoms with Crippen molar-refractivity contribution in [3.05, 3.63) is 22.3 Å². The summed E-state index contributed by atoms with van der Waals surface area (Å²) in [4.78, 5) is 28.5. The standard InChI is InChI=1S/C12H16BrN3O3/c1-3-16(4-2)10(17)7-15-11-9(12(18)19)5-8(13)6-14-11/h5-6H,3-4,7H2,1-2H3,(H,14,15)(H,18,19). The summed E-state index contributed by atoms with van der Waals surface area (Å²) in [5.74, 6) is -0.992. The number of aromatic nitrogens is 1. The zero-order valence-corrected chi connectivity index (χ0v) is 12.4. The number of carboxylic acids is 1. The fraction of sp³-hybridized carbons (Fsp3) is 0.417. The summed E-state index contributed by atoms with van der Waals surface area (Å²) >= 11 is 3.16. The minimum absolute atomic E-state index is 0.0244. The van der Waals surface area contributed by atoms with Gasteiger partial charge in [0.15, 0.2) is 0 Å². The number of aromatic carboxylic acids is 1. The maximum atomic E-state index is 11.8. The van der Waals surface area contributed by atoms with E-state index >= 15 is 0 Å². The van der Waals surface area contributed by atoms with Crippen LogP contribution in [0, 0.1) is 0 Å². The lowest BCUT2D eigenvalue weighted by molar-refractivity contribution is -0.128. The van der Waals surface area contributed by atoms with Crippen molar-refractivity contribution in [3.63, 3.8) is 0 Å². The van der Waals surface area contributed by atoms with Gasteiger partial charge in [-0.15, -0.1) is 0 Å². The molecule has 19 heavy (non-hydrogen) atoms. The highest BCUT2D eigenvalue weighted by atomic mass is 79.9. The Bertz CT molecular complexity index is 475. The van der Waals surface area contributed by atoms with Crippen LogP contribution >= 0.6 is 15.9 Å². The summed E-state index contributed by atoms with van der Waals surface area (Å²) in [6.07, 6.45) is 1.48. The first-order valence-corrected chi connectivity index (χ1v) is 6.69. The predicted octanol–water partition coefficient (Wildman–Crippen LogP) is 1.82. The highest BCUT2D eigenvalue weighted by Gasteiger charge is 2.14. The van der Waals surface area contributed by atoms with Gasteiger partial charge in [-0.2, -0.15) is 0 Å². The van der Waals surface area contributed by atoms with E-state index in [9.17, 15) is 9.59 Å². The number of likely N-dealkylation sites (N-methyl/N-ethyl adjacent to an activating group) is 1. The molecule has 0 radical (unpaired) electrons. The molecule has 0 aliphatic rings. The number of carbonyl (C=O) groups is 2. The summed E-state index contributed by atoms with van der Waals surface area (Å²) in [5.41, 5.74) is 0.0294. The highest BCUT2D eigenvalue weighted by molar-refractivity contribution is 9.10. The molecule has 0 spiro atoms. The van der Waals surface area contributed by atoms with Gasteiger partial charge in [-0.25, -0.2) is 9.78 Å². The number of hydrogen-bond acceptors (Lipinski definition) is 4. The van der Waals surface area contributed by atoms with E-state index in [4.69, 9.17) is 5.11 Å². The number of halogens is 1. The third-order valence-electron chi connectivity index (χ3n) is 2.61. The van der Waals surface area contributed by atoms with Gasteiger partial charge in [0.2, 0.25) is 5.91 Å². The van der Waals surface area contributed by atoms with E-state index in [1.54, 1.807) is 4.90 Å². The van der Waals surface area contributed by atoms with E-state index in [1.165, 1.54) is 12.3 Å². The van der Waals surface area contributed by atoms with E-state index < -0.39 is 5.97 Å². The number of nitrogens with zero attached hydrogens (tertiary/aromatic N) is 2. The molecule has 0 bridgehead atoms. The topological polar surface area (TPSA) is 82.5 Å². The molecule has 6 nitrogen and oxygen atoms in total. The number of rotatable bonds is 6. The number of hydrogen-bond donors (Lipinski definition) is 2. The molecule has 7 heteroatoms. The van der Waals surface area contributed by atoms with Crippen molar-refractivity contribution in [3.8, 4) is 0 Å². The molecule has 0 fully saturated rings. The van der Waals surface area contributed by atoms with Crippen molar-refractivity contribution in [1.29, 1.82) is 0 Å². The Balaban J connectivity index is 2.78. The monoisotopic (exact) mass is 329 g/mol. The molecule has 104 valence electrons. The number of pyridine rings is 1. The molecular weight excluding hydrogens is 314 g/mol. The second kappa shape index (κ2) is 7.08. The van der Waals surface area contributed by atoms with Gasteiger partial charge in [0.1, 0.15) is 11.4 Å². The second-order valence-corrected chi connectivity index (χ2v) is 4.69. The van der Waals surface area contributed by atoms with Crippen LogP contribution in [-0.2, 0) is 4.79 Å². The number of nitrogens with one attached hydrogen (secondary N) is 1. The molecule has 0 aliphatic carbocycles. The lowest BCUT2D eigenvalue weighted by atomic mass is 10.2. The second-order valence-electron chi connectivity index (χ2n) is 3.77. The molecule has 1 rings (SSSR count). The van der Waals surface area contributed by atoms with E-state index in [2.05, 4.69) is 26.2 Å². The lowest BCUT2D eigenvalue weighted by Crippen LogP contribution is -2.35. The van der Waals surface area contributed by atoms with Crippen LogP contribution in [0.2, 0.25) is 0 Å². The van der Waals surface area contributed by atoms with Crippen molar-refractivity contribution in [2.45, 2.75) is 13.8 Å². The number of carbonyl (C=O) groups excluding carboxylic acids is 1. The van der Waals surface area contributed by atoms with Gasteiger partial charge in [-0.3, -0.25) is 4.79 Å². The molecule has 0 atom stereocenters. The molecule has 0 saturated heterocycles. The summed E-state index contributed by atoms with van der Waals surface area (Å²) in [6, 6.07) is 1.44. The first-order valence-electron chi connectivity index (χ1n) is 5.90. The van der Waals surface area contributed by atoms with Crippen LogP contribution < -0.4 is 5.32 Å². The Morgan fingerprint density at radius 3 is 2.58 bits per heavy atom. The van der Waals surface area contributed by atoms with Gasteiger partial charge >= 0.3 is 5.97 Å². The Hall–Kier alpha value is -1.63. The average molecular weight is 330 g/mol. The molecule has 1 aromatic heterocycles. The van der Waals surface area contributed by atoms with Gasteiger partial charge in [0.25, 0.3) is 0 Å². The van der Waals surface area contributed by atoms with Crippen LogP contribution in [0.5, 0.6) is 0 Å². The lowest BCUT2D eigenvalue weighted by Gasteiger charge is -2.19. The zero-order chi connectivity index (χ0) is 14.4. The summed E-state index contributed by atoms with van der Waals surface area (Å²) in [7, 11) is 0. The maximum Gasteiger partial charge on any atom is 0.339 e. The van der Waals surface area contributed by atoms with Crippen molar-refractivity contribution >= 4 is 33.6 Å². The number of amides is 1. The minimum Gasteiger partial charge on any atom is -0.478 e. The molecule has 0 aliphatic heterocycles. The van der Waals surface area contributed by atoms with E-state index in [0.29, 0.717) is 17.6 Å². The largest absolute Gasteiger partial charge is 0.478 e. The highest BCUT2D eigenvalue weighted by Crippen LogP contribution is 2.17. The first kappa shape index (κ1) is 15.4. The molecule has 0 unspecified atom stereocenters. The Kier molecular flexibility index (Phi) is 5.75. The smallest absolute Gasteiger partial charge is 0.339 e. The molecule has 0 aromatic carbocycles. The number of carboxylic acid groups (broad SMARTS) is 1. The Morgan fingerprint density at radius 2 is 2.05 bits per heavy atom. The van der Waals surface area contributed by atoms with Crippen LogP contribution in [0.4, 0.5) is 5.82 Å². The quantitative estimate of drug-likeness (QED) is 0.831. The predicted molar refractivity (Wildman–Crippen MR) is 75.3 cm³/mol. The van der Waals surface area contributed by atoms with Crippen molar-refractivity contribution in [2.75, 3.05) is 25.0 Å². The third kappa shape index (κ3) is 4.20. The molecule has 1 heterocycles. The third-order valence-corrected chi connectivity index (χ3v) is 3.04. The van der Waals surface area contributed by atoms with Gasteiger partial charge in [-0.05, 0) is 35.8 Å². The van der Waals surface area contributed by atoms with Crippen molar-refractivity contribution in [1.82, 2.24) is 9.88 Å². The van der Waals surface area contributed by atoms with Crippen LogP contribution in [-0.4, -0.2) is 46.5 Å². The van der Waals surface area contributed by atoms with Crippen molar-refractivity contribution < 1.29 is 14.7 Å². The van der Waals surface area contributed by atoms with E-state index in [-0.39, 0.29) is 23.8 Å². The Morgan fingerprint density at radius 1 is 1.42 bits per heavy atom. The fourth-order valence-electron chi connectivity index (χ4n) is 1.59. The van der Waals surface area contributed by atoms with Gasteiger partial charge < -0.3 is 15.3 Å². The molecule has 2 N–H and O–H groups in total. The summed E-state index contributed by atoms with van der Waals surface area (Å²) in [5, 5.41) is 11.8. The normalized spacial score (nSPS) is 10.1. The summed E-state index contributed by atoms with van der Waals surface area (Å²) < 4.78 is 0.575. The van der Waals surface area contributed by atoms with Crippen LogP contribution in [0.1, 0.15) is 24.2 Å². The summed E-state index contributed by atoms with van der Waals surface area (Å²) in [6.45, 7) is 5.05. The van der Waals surface area contributed by atoms with Crippen LogP contribution in [0.3, 0.4) is 0 Å². The molecule has 0 saturated carbocycles. The average Bonchev–Trinajstić information content (AvgIpc) is 2.38. The van der Waals surface area contributed by atoms with Crippen LogP contribution in [0.25, 0.3) is 0 Å².